The maximum atomic E-state index is 12.0. The van der Waals surface area contributed by atoms with Crippen molar-refractivity contribution in [3.05, 3.63) is 83.0 Å². The second-order valence-electron chi connectivity index (χ2n) is 5.66. The van der Waals surface area contributed by atoms with Gasteiger partial charge in [0.2, 0.25) is 0 Å². The molecular weight excluding hydrogens is 334 g/mol. The number of fused-ring (bicyclic) bond motifs is 3. The molecule has 0 spiro atoms. The van der Waals surface area contributed by atoms with Crippen LogP contribution in [0.3, 0.4) is 0 Å². The molecule has 4 aromatic rings. The van der Waals surface area contributed by atoms with E-state index >= 15 is 0 Å². The highest BCUT2D eigenvalue weighted by atomic mass is 35.5. The maximum absolute atomic E-state index is 12.0. The second-order valence-corrected chi connectivity index (χ2v) is 6.10. The van der Waals surface area contributed by atoms with Gasteiger partial charge in [-0.15, -0.1) is 0 Å². The van der Waals surface area contributed by atoms with Gasteiger partial charge in [0, 0.05) is 33.1 Å². The van der Waals surface area contributed by atoms with Crippen molar-refractivity contribution in [1.29, 1.82) is 0 Å². The first kappa shape index (κ1) is 15.4. The predicted molar refractivity (Wildman–Crippen MR) is 102 cm³/mol. The first-order chi connectivity index (χ1) is 12.2. The Hall–Kier alpha value is -3.11. The minimum Gasteiger partial charge on any atom is -0.360 e. The Morgan fingerprint density at radius 3 is 2.64 bits per heavy atom. The molecule has 0 aliphatic rings. The third-order valence-corrected chi connectivity index (χ3v) is 4.34. The summed E-state index contributed by atoms with van der Waals surface area (Å²) in [6.45, 7) is 0. The Bertz CT molecular complexity index is 1100. The summed E-state index contributed by atoms with van der Waals surface area (Å²) in [7, 11) is 0. The Labute approximate surface area is 149 Å². The summed E-state index contributed by atoms with van der Waals surface area (Å²) in [6, 6.07) is 19.0. The lowest BCUT2D eigenvalue weighted by Crippen LogP contribution is -2.17. The average Bonchev–Trinajstić information content (AvgIpc) is 3.06. The highest BCUT2D eigenvalue weighted by molar-refractivity contribution is 6.30. The molecule has 0 atom stereocenters. The van der Waals surface area contributed by atoms with E-state index in [2.05, 4.69) is 39.8 Å². The van der Waals surface area contributed by atoms with Crippen LogP contribution in [-0.2, 0) is 0 Å². The van der Waals surface area contributed by atoms with E-state index in [9.17, 15) is 4.79 Å². The number of rotatable bonds is 3. The van der Waals surface area contributed by atoms with Crippen molar-refractivity contribution in [1.82, 2.24) is 10.4 Å². The summed E-state index contributed by atoms with van der Waals surface area (Å²) in [5, 5.41) is 8.05. The lowest BCUT2D eigenvalue weighted by Gasteiger charge is -2.00. The van der Waals surface area contributed by atoms with Crippen LogP contribution < -0.4 is 5.43 Å². The van der Waals surface area contributed by atoms with Crippen LogP contribution in [0.5, 0.6) is 0 Å². The van der Waals surface area contributed by atoms with Crippen molar-refractivity contribution in [3.63, 3.8) is 0 Å². The number of carbonyl (C=O) groups is 1. The molecule has 0 aliphatic carbocycles. The number of benzene rings is 3. The zero-order valence-electron chi connectivity index (χ0n) is 13.2. The van der Waals surface area contributed by atoms with Crippen molar-refractivity contribution in [2.45, 2.75) is 0 Å². The average molecular weight is 348 g/mol. The molecule has 1 aromatic heterocycles. The van der Waals surface area contributed by atoms with E-state index in [0.29, 0.717) is 10.6 Å². The molecule has 25 heavy (non-hydrogen) atoms. The van der Waals surface area contributed by atoms with Crippen LogP contribution in [0.2, 0.25) is 5.02 Å². The number of aromatic nitrogens is 1. The topological polar surface area (TPSA) is 57.2 Å². The highest BCUT2D eigenvalue weighted by Crippen LogP contribution is 2.26. The molecule has 1 amide bonds. The quantitative estimate of drug-likeness (QED) is 0.408. The number of hydrogen-bond donors (Lipinski definition) is 2. The normalized spacial score (nSPS) is 11.4. The van der Waals surface area contributed by atoms with Gasteiger partial charge < -0.3 is 4.98 Å². The molecule has 122 valence electrons. The summed E-state index contributed by atoms with van der Waals surface area (Å²) in [5.74, 6) is -0.279. The molecule has 0 saturated heterocycles. The molecule has 0 radical (unpaired) electrons. The highest BCUT2D eigenvalue weighted by Gasteiger charge is 2.06. The fourth-order valence-electron chi connectivity index (χ4n) is 2.83. The summed E-state index contributed by atoms with van der Waals surface area (Å²) in [5.41, 5.74) is 5.01. The van der Waals surface area contributed by atoms with Gasteiger partial charge in [-0.1, -0.05) is 48.0 Å². The van der Waals surface area contributed by atoms with E-state index < -0.39 is 0 Å². The Morgan fingerprint density at radius 1 is 1.00 bits per heavy atom. The number of amides is 1. The molecule has 4 rings (SSSR count). The largest absolute Gasteiger partial charge is 0.360 e. The minimum absolute atomic E-state index is 0.279. The van der Waals surface area contributed by atoms with E-state index in [-0.39, 0.29) is 5.91 Å². The van der Waals surface area contributed by atoms with Crippen LogP contribution in [0.1, 0.15) is 15.9 Å². The number of halogens is 1. The number of carbonyl (C=O) groups excluding carboxylic acids is 1. The number of hydrogen-bond acceptors (Lipinski definition) is 2. The fourth-order valence-corrected chi connectivity index (χ4v) is 2.95. The number of hydrazone groups is 1. The molecule has 3 aromatic carbocycles. The van der Waals surface area contributed by atoms with E-state index in [1.54, 1.807) is 30.5 Å². The molecule has 0 fully saturated rings. The van der Waals surface area contributed by atoms with Gasteiger partial charge in [-0.05, 0) is 29.7 Å². The van der Waals surface area contributed by atoms with Gasteiger partial charge in [0.05, 0.1) is 11.7 Å². The molecule has 4 nitrogen and oxygen atoms in total. The number of H-pyrrole nitrogens is 1. The van der Waals surface area contributed by atoms with Crippen LogP contribution in [0, 0.1) is 0 Å². The summed E-state index contributed by atoms with van der Waals surface area (Å²) >= 11 is 5.82. The van der Waals surface area contributed by atoms with E-state index in [1.165, 1.54) is 5.39 Å². The summed E-state index contributed by atoms with van der Waals surface area (Å²) in [6.07, 6.45) is 3.52. The van der Waals surface area contributed by atoms with Crippen molar-refractivity contribution < 1.29 is 4.79 Å². The summed E-state index contributed by atoms with van der Waals surface area (Å²) < 4.78 is 0. The first-order valence-electron chi connectivity index (χ1n) is 7.80. The summed E-state index contributed by atoms with van der Waals surface area (Å²) in [4.78, 5) is 15.3. The SMILES string of the molecule is O=C(NN=Cc1c[nH]c2c1ccc1ccccc12)c1ccc(Cl)cc1. The molecule has 0 bridgehead atoms. The van der Waals surface area contributed by atoms with Gasteiger partial charge in [0.15, 0.2) is 0 Å². The Balaban J connectivity index is 1.58. The van der Waals surface area contributed by atoms with Crippen molar-refractivity contribution in [2.75, 3.05) is 0 Å². The van der Waals surface area contributed by atoms with Gasteiger partial charge in [0.1, 0.15) is 0 Å². The smallest absolute Gasteiger partial charge is 0.271 e. The second kappa shape index (κ2) is 6.42. The lowest BCUT2D eigenvalue weighted by atomic mass is 10.1. The van der Waals surface area contributed by atoms with Crippen LogP contribution >= 0.6 is 11.6 Å². The zero-order chi connectivity index (χ0) is 17.2. The van der Waals surface area contributed by atoms with Gasteiger partial charge in [-0.25, -0.2) is 5.43 Å². The number of nitrogens with one attached hydrogen (secondary N) is 2. The lowest BCUT2D eigenvalue weighted by molar-refractivity contribution is 0.0955. The first-order valence-corrected chi connectivity index (χ1v) is 8.18. The van der Waals surface area contributed by atoms with Crippen molar-refractivity contribution in [2.24, 2.45) is 5.10 Å². The van der Waals surface area contributed by atoms with Crippen LogP contribution in [0.4, 0.5) is 0 Å². The predicted octanol–water partition coefficient (Wildman–Crippen LogP) is 4.74. The van der Waals surface area contributed by atoms with Gasteiger partial charge in [-0.3, -0.25) is 4.79 Å². The zero-order valence-corrected chi connectivity index (χ0v) is 13.9. The maximum Gasteiger partial charge on any atom is 0.271 e. The Morgan fingerprint density at radius 2 is 1.80 bits per heavy atom. The monoisotopic (exact) mass is 347 g/mol. The van der Waals surface area contributed by atoms with E-state index in [0.717, 1.165) is 21.9 Å². The van der Waals surface area contributed by atoms with Gasteiger partial charge in [-0.2, -0.15) is 5.10 Å². The molecule has 0 unspecified atom stereocenters. The van der Waals surface area contributed by atoms with Crippen LogP contribution in [0.15, 0.2) is 72.0 Å². The van der Waals surface area contributed by atoms with Crippen LogP contribution in [0.25, 0.3) is 21.7 Å². The Kier molecular flexibility index (Phi) is 3.96. The van der Waals surface area contributed by atoms with E-state index in [4.69, 9.17) is 11.6 Å². The molecule has 5 heteroatoms. The molecule has 2 N–H and O–H groups in total. The van der Waals surface area contributed by atoms with Crippen molar-refractivity contribution in [3.8, 4) is 0 Å². The van der Waals surface area contributed by atoms with Gasteiger partial charge >= 0.3 is 0 Å². The third-order valence-electron chi connectivity index (χ3n) is 4.09. The minimum atomic E-state index is -0.279. The van der Waals surface area contributed by atoms with E-state index in [1.807, 2.05) is 18.3 Å². The number of nitrogens with zero attached hydrogens (tertiary/aromatic N) is 1. The molecule has 1 heterocycles. The van der Waals surface area contributed by atoms with Crippen molar-refractivity contribution >= 4 is 45.4 Å². The van der Waals surface area contributed by atoms with Crippen LogP contribution in [-0.4, -0.2) is 17.1 Å². The number of aromatic amines is 1. The third kappa shape index (κ3) is 2.99. The molecule has 0 aliphatic heterocycles. The standard InChI is InChI=1S/C20H14ClN3O/c21-16-8-5-14(6-9-16)20(25)24-23-12-15-11-22-19-17-4-2-1-3-13(17)7-10-18(15)19/h1-12,22H,(H,24,25). The van der Waals surface area contributed by atoms with Gasteiger partial charge in [0.25, 0.3) is 5.91 Å². The fraction of sp³-hybridized carbons (Fsp3) is 0. The molecular formula is C20H14ClN3O. The molecule has 0 saturated carbocycles.